The van der Waals surface area contributed by atoms with Crippen molar-refractivity contribution < 1.29 is 0 Å². The molecule has 0 saturated carbocycles. The van der Waals surface area contributed by atoms with Gasteiger partial charge in [0, 0.05) is 5.92 Å². The second-order valence-electron chi connectivity index (χ2n) is 2.78. The van der Waals surface area contributed by atoms with Crippen molar-refractivity contribution in [2.45, 2.75) is 33.6 Å². The molecule has 0 aromatic carbocycles. The minimum absolute atomic E-state index is 0.236. The van der Waals surface area contributed by atoms with Crippen LogP contribution in [0.25, 0.3) is 0 Å². The van der Waals surface area contributed by atoms with E-state index in [0.717, 1.165) is 6.42 Å². The van der Waals surface area contributed by atoms with Gasteiger partial charge in [0.05, 0.1) is 6.07 Å². The van der Waals surface area contributed by atoms with Crippen LogP contribution in [0.1, 0.15) is 33.6 Å². The van der Waals surface area contributed by atoms with Crippen LogP contribution < -0.4 is 0 Å². The van der Waals surface area contributed by atoms with Crippen LogP contribution in [0.15, 0.2) is 0 Å². The average Bonchev–Trinajstić information content (AvgIpc) is 1.87. The maximum atomic E-state index is 8.43. The van der Waals surface area contributed by atoms with Gasteiger partial charge >= 0.3 is 0 Å². The molecule has 0 N–H and O–H groups in total. The Morgan fingerprint density at radius 2 is 2.00 bits per heavy atom. The second-order valence-corrected chi connectivity index (χ2v) is 2.78. The largest absolute Gasteiger partial charge is 0.198 e. The molecule has 0 radical (unpaired) electrons. The third kappa shape index (κ3) is 4.02. The van der Waals surface area contributed by atoms with Crippen LogP contribution in [0.2, 0.25) is 0 Å². The van der Waals surface area contributed by atoms with Gasteiger partial charge in [-0.3, -0.25) is 0 Å². The fraction of sp³-hybridized carbons (Fsp3) is 0.875. The number of nitriles is 1. The van der Waals surface area contributed by atoms with Gasteiger partial charge in [0.25, 0.3) is 0 Å². The molecular weight excluding hydrogens is 110 g/mol. The molecule has 52 valence electrons. The maximum absolute atomic E-state index is 8.43. The first-order chi connectivity index (χ1) is 4.20. The van der Waals surface area contributed by atoms with E-state index in [1.807, 2.05) is 6.92 Å². The molecule has 2 atom stereocenters. The van der Waals surface area contributed by atoms with Crippen molar-refractivity contribution in [3.63, 3.8) is 0 Å². The minimum Gasteiger partial charge on any atom is -0.198 e. The Morgan fingerprint density at radius 3 is 2.33 bits per heavy atom. The van der Waals surface area contributed by atoms with Gasteiger partial charge < -0.3 is 0 Å². The summed E-state index contributed by atoms with van der Waals surface area (Å²) in [6.45, 7) is 6.33. The Balaban J connectivity index is 3.37. The minimum atomic E-state index is 0.236. The molecule has 0 heterocycles. The normalized spacial score (nSPS) is 16.2. The van der Waals surface area contributed by atoms with Gasteiger partial charge in [0.1, 0.15) is 0 Å². The summed E-state index contributed by atoms with van der Waals surface area (Å²) >= 11 is 0. The lowest BCUT2D eigenvalue weighted by Gasteiger charge is -2.07. The van der Waals surface area contributed by atoms with Crippen LogP contribution in [0.5, 0.6) is 0 Å². The monoisotopic (exact) mass is 125 g/mol. The molecule has 9 heavy (non-hydrogen) atoms. The van der Waals surface area contributed by atoms with Gasteiger partial charge in [-0.1, -0.05) is 20.3 Å². The van der Waals surface area contributed by atoms with Crippen LogP contribution >= 0.6 is 0 Å². The van der Waals surface area contributed by atoms with Gasteiger partial charge in [0.15, 0.2) is 0 Å². The van der Waals surface area contributed by atoms with Crippen molar-refractivity contribution >= 4 is 0 Å². The van der Waals surface area contributed by atoms with Gasteiger partial charge in [0.2, 0.25) is 0 Å². The van der Waals surface area contributed by atoms with Crippen LogP contribution in [-0.2, 0) is 0 Å². The SMILES string of the molecule is CC[C@H](C)CC(C)C#N. The summed E-state index contributed by atoms with van der Waals surface area (Å²) in [6, 6.07) is 2.23. The summed E-state index contributed by atoms with van der Waals surface area (Å²) in [7, 11) is 0. The Morgan fingerprint density at radius 1 is 1.44 bits per heavy atom. The molecule has 0 aliphatic carbocycles. The Labute approximate surface area is 57.7 Å². The van der Waals surface area contributed by atoms with Crippen LogP contribution in [0, 0.1) is 23.2 Å². The van der Waals surface area contributed by atoms with Gasteiger partial charge in [-0.25, -0.2) is 0 Å². The first-order valence-corrected chi connectivity index (χ1v) is 3.60. The van der Waals surface area contributed by atoms with Crippen molar-refractivity contribution in [1.29, 1.82) is 5.26 Å². The van der Waals surface area contributed by atoms with E-state index in [9.17, 15) is 0 Å². The molecule has 1 unspecified atom stereocenters. The van der Waals surface area contributed by atoms with Gasteiger partial charge in [-0.15, -0.1) is 0 Å². The molecule has 0 rings (SSSR count). The van der Waals surface area contributed by atoms with E-state index in [1.54, 1.807) is 0 Å². The molecule has 0 aliphatic heterocycles. The fourth-order valence-electron chi connectivity index (χ4n) is 0.823. The third-order valence-electron chi connectivity index (χ3n) is 1.67. The second kappa shape index (κ2) is 4.38. The molecule has 0 aromatic heterocycles. The highest BCUT2D eigenvalue weighted by Crippen LogP contribution is 2.12. The molecule has 0 amide bonds. The van der Waals surface area contributed by atoms with E-state index in [0.29, 0.717) is 5.92 Å². The smallest absolute Gasteiger partial charge is 0.0652 e. The summed E-state index contributed by atoms with van der Waals surface area (Å²) in [5.74, 6) is 0.944. The van der Waals surface area contributed by atoms with E-state index in [1.165, 1.54) is 6.42 Å². The quantitative estimate of drug-likeness (QED) is 0.568. The maximum Gasteiger partial charge on any atom is 0.0652 e. The van der Waals surface area contributed by atoms with Crippen molar-refractivity contribution in [3.05, 3.63) is 0 Å². The zero-order valence-electron chi connectivity index (χ0n) is 6.52. The highest BCUT2D eigenvalue weighted by Gasteiger charge is 2.04. The van der Waals surface area contributed by atoms with Crippen molar-refractivity contribution in [3.8, 4) is 6.07 Å². The standard InChI is InChI=1S/C8H15N/c1-4-7(2)5-8(3)6-9/h7-8H,4-5H2,1-3H3/t7-,8?/m0/s1. The Kier molecular flexibility index (Phi) is 4.13. The molecular formula is C8H15N. The summed E-state index contributed by atoms with van der Waals surface area (Å²) in [6.07, 6.45) is 2.24. The van der Waals surface area contributed by atoms with E-state index in [4.69, 9.17) is 5.26 Å². The van der Waals surface area contributed by atoms with Crippen molar-refractivity contribution in [2.75, 3.05) is 0 Å². The zero-order chi connectivity index (χ0) is 7.28. The predicted octanol–water partition coefficient (Wildman–Crippen LogP) is 2.58. The van der Waals surface area contributed by atoms with Crippen LogP contribution in [0.3, 0.4) is 0 Å². The molecule has 0 aliphatic rings. The lowest BCUT2D eigenvalue weighted by atomic mass is 9.97. The highest BCUT2D eigenvalue weighted by atomic mass is 14.3. The van der Waals surface area contributed by atoms with Gasteiger partial charge in [-0.2, -0.15) is 5.26 Å². The number of nitrogens with zero attached hydrogens (tertiary/aromatic N) is 1. The summed E-state index contributed by atoms with van der Waals surface area (Å²) in [5.41, 5.74) is 0. The zero-order valence-corrected chi connectivity index (χ0v) is 6.52. The molecule has 0 spiro atoms. The highest BCUT2D eigenvalue weighted by molar-refractivity contribution is 4.79. The van der Waals surface area contributed by atoms with Crippen molar-refractivity contribution in [1.82, 2.24) is 0 Å². The van der Waals surface area contributed by atoms with Crippen LogP contribution in [-0.4, -0.2) is 0 Å². The summed E-state index contributed by atoms with van der Waals surface area (Å²) in [5, 5.41) is 8.43. The molecule has 1 nitrogen and oxygen atoms in total. The Hall–Kier alpha value is -0.510. The van der Waals surface area contributed by atoms with E-state index < -0.39 is 0 Å². The van der Waals surface area contributed by atoms with E-state index >= 15 is 0 Å². The topological polar surface area (TPSA) is 23.8 Å². The first-order valence-electron chi connectivity index (χ1n) is 3.60. The predicted molar refractivity (Wildman–Crippen MR) is 38.8 cm³/mol. The number of rotatable bonds is 3. The number of hydrogen-bond donors (Lipinski definition) is 0. The summed E-state index contributed by atoms with van der Waals surface area (Å²) < 4.78 is 0. The molecule has 0 saturated heterocycles. The van der Waals surface area contributed by atoms with E-state index in [2.05, 4.69) is 19.9 Å². The first kappa shape index (κ1) is 8.49. The molecule has 0 bridgehead atoms. The lowest BCUT2D eigenvalue weighted by Crippen LogP contribution is -1.98. The van der Waals surface area contributed by atoms with Crippen molar-refractivity contribution in [2.24, 2.45) is 11.8 Å². The summed E-state index contributed by atoms with van der Waals surface area (Å²) in [4.78, 5) is 0. The third-order valence-corrected chi connectivity index (χ3v) is 1.67. The average molecular weight is 125 g/mol. The number of hydrogen-bond acceptors (Lipinski definition) is 1. The van der Waals surface area contributed by atoms with Crippen LogP contribution in [0.4, 0.5) is 0 Å². The lowest BCUT2D eigenvalue weighted by molar-refractivity contribution is 0.460. The fourth-order valence-corrected chi connectivity index (χ4v) is 0.823. The van der Waals surface area contributed by atoms with Gasteiger partial charge in [-0.05, 0) is 19.3 Å². The molecule has 0 fully saturated rings. The van der Waals surface area contributed by atoms with E-state index in [-0.39, 0.29) is 5.92 Å². The molecule has 0 aromatic rings. The molecule has 1 heteroatoms. The Bertz CT molecular complexity index is 102.